The van der Waals surface area contributed by atoms with E-state index in [1.807, 2.05) is 26.0 Å². The van der Waals surface area contributed by atoms with Crippen molar-refractivity contribution in [2.24, 2.45) is 0 Å². The molecule has 2 aliphatic heterocycles. The smallest absolute Gasteiger partial charge is 0.273 e. The summed E-state index contributed by atoms with van der Waals surface area (Å²) in [5, 5.41) is 2.89. The molecule has 1 aromatic heterocycles. The molecule has 0 aromatic carbocycles. The van der Waals surface area contributed by atoms with E-state index in [0.29, 0.717) is 25.2 Å². The minimum Gasteiger partial charge on any atom is -0.372 e. The summed E-state index contributed by atoms with van der Waals surface area (Å²) < 4.78 is 5.80. The van der Waals surface area contributed by atoms with E-state index >= 15 is 0 Å². The molecule has 0 bridgehead atoms. The number of carbonyl (C=O) groups excluding carboxylic acids is 2. The fraction of sp³-hybridized carbons (Fsp3) is 0.650. The van der Waals surface area contributed by atoms with Gasteiger partial charge in [0.1, 0.15) is 11.2 Å². The second-order valence-corrected chi connectivity index (χ2v) is 7.80. The lowest BCUT2D eigenvalue weighted by atomic mass is 9.90. The molecule has 3 heterocycles. The van der Waals surface area contributed by atoms with Crippen molar-refractivity contribution in [3.63, 3.8) is 0 Å². The van der Waals surface area contributed by atoms with E-state index in [9.17, 15) is 9.59 Å². The van der Waals surface area contributed by atoms with Crippen molar-refractivity contribution >= 4 is 17.5 Å². The maximum Gasteiger partial charge on any atom is 0.273 e. The van der Waals surface area contributed by atoms with Crippen LogP contribution in [0.25, 0.3) is 0 Å². The van der Waals surface area contributed by atoms with Gasteiger partial charge in [-0.05, 0) is 39.3 Å². The second-order valence-electron chi connectivity index (χ2n) is 7.80. The normalized spacial score (nSPS) is 28.8. The third-order valence-corrected chi connectivity index (χ3v) is 5.44. The molecular weight excluding hydrogens is 344 g/mol. The lowest BCUT2D eigenvalue weighted by Gasteiger charge is -2.43. The molecule has 3 atom stereocenters. The van der Waals surface area contributed by atoms with Crippen molar-refractivity contribution in [3.8, 4) is 0 Å². The first-order chi connectivity index (χ1) is 12.8. The third kappa shape index (κ3) is 3.93. The monoisotopic (exact) mass is 374 g/mol. The second kappa shape index (κ2) is 7.84. The SMILES string of the molecule is CCC[C@]1(C)C(=O)NCCN1C(=O)c1cc(N2C[C@@H](C)O[C@@H](C)C2)ccn1. The summed E-state index contributed by atoms with van der Waals surface area (Å²) >= 11 is 0. The highest BCUT2D eigenvalue weighted by Crippen LogP contribution is 2.27. The van der Waals surface area contributed by atoms with Gasteiger partial charge in [0.05, 0.1) is 12.2 Å². The maximum atomic E-state index is 13.2. The zero-order chi connectivity index (χ0) is 19.6. The van der Waals surface area contributed by atoms with Crippen LogP contribution < -0.4 is 10.2 Å². The Morgan fingerprint density at radius 3 is 2.74 bits per heavy atom. The van der Waals surface area contributed by atoms with Crippen LogP contribution in [0.5, 0.6) is 0 Å². The first-order valence-corrected chi connectivity index (χ1v) is 9.82. The van der Waals surface area contributed by atoms with Crippen molar-refractivity contribution in [1.82, 2.24) is 15.2 Å². The minimum atomic E-state index is -0.830. The highest BCUT2D eigenvalue weighted by atomic mass is 16.5. The average molecular weight is 374 g/mol. The van der Waals surface area contributed by atoms with E-state index in [1.165, 1.54) is 0 Å². The third-order valence-electron chi connectivity index (χ3n) is 5.44. The quantitative estimate of drug-likeness (QED) is 0.870. The number of amides is 2. The molecule has 2 fully saturated rings. The molecule has 0 aliphatic carbocycles. The Hall–Kier alpha value is -2.15. The van der Waals surface area contributed by atoms with Gasteiger partial charge in [0.25, 0.3) is 5.91 Å². The number of rotatable bonds is 4. The number of piperazine rings is 1. The van der Waals surface area contributed by atoms with Crippen LogP contribution >= 0.6 is 0 Å². The Bertz CT molecular complexity index is 700. The molecule has 0 radical (unpaired) electrons. The Morgan fingerprint density at radius 1 is 1.37 bits per heavy atom. The van der Waals surface area contributed by atoms with Crippen LogP contribution in [0.1, 0.15) is 51.0 Å². The van der Waals surface area contributed by atoms with E-state index in [-0.39, 0.29) is 24.0 Å². The molecule has 2 aliphatic rings. The predicted molar refractivity (Wildman–Crippen MR) is 104 cm³/mol. The van der Waals surface area contributed by atoms with Crippen LogP contribution in [0.15, 0.2) is 18.3 Å². The first-order valence-electron chi connectivity index (χ1n) is 9.82. The van der Waals surface area contributed by atoms with Gasteiger partial charge >= 0.3 is 0 Å². The van der Waals surface area contributed by atoms with Crippen LogP contribution in [0.3, 0.4) is 0 Å². The molecule has 0 spiro atoms. The van der Waals surface area contributed by atoms with Crippen molar-refractivity contribution in [2.75, 3.05) is 31.1 Å². The van der Waals surface area contributed by atoms with E-state index < -0.39 is 5.54 Å². The lowest BCUT2D eigenvalue weighted by molar-refractivity contribution is -0.134. The number of carbonyl (C=O) groups is 2. The molecular formula is C20H30N4O3. The molecule has 2 saturated heterocycles. The van der Waals surface area contributed by atoms with Crippen molar-refractivity contribution < 1.29 is 14.3 Å². The number of hydrogen-bond acceptors (Lipinski definition) is 5. The maximum absolute atomic E-state index is 13.2. The van der Waals surface area contributed by atoms with Gasteiger partial charge in [-0.3, -0.25) is 14.6 Å². The zero-order valence-electron chi connectivity index (χ0n) is 16.7. The lowest BCUT2D eigenvalue weighted by Crippen LogP contribution is -2.64. The number of morpholine rings is 1. The van der Waals surface area contributed by atoms with Crippen molar-refractivity contribution in [2.45, 2.75) is 58.3 Å². The van der Waals surface area contributed by atoms with Crippen LogP contribution in [-0.2, 0) is 9.53 Å². The fourth-order valence-electron chi connectivity index (χ4n) is 4.16. The number of aromatic nitrogens is 1. The first kappa shape index (κ1) is 19.6. The number of anilines is 1. The van der Waals surface area contributed by atoms with Crippen LogP contribution in [0.2, 0.25) is 0 Å². The topological polar surface area (TPSA) is 74.8 Å². The number of nitrogens with zero attached hydrogens (tertiary/aromatic N) is 3. The molecule has 7 nitrogen and oxygen atoms in total. The van der Waals surface area contributed by atoms with E-state index in [0.717, 1.165) is 25.2 Å². The summed E-state index contributed by atoms with van der Waals surface area (Å²) in [4.78, 5) is 34.0. The summed E-state index contributed by atoms with van der Waals surface area (Å²) in [6.45, 7) is 10.5. The minimum absolute atomic E-state index is 0.0871. The summed E-state index contributed by atoms with van der Waals surface area (Å²) in [6.07, 6.45) is 3.40. The zero-order valence-corrected chi connectivity index (χ0v) is 16.7. The molecule has 0 unspecified atom stereocenters. The average Bonchev–Trinajstić information content (AvgIpc) is 2.63. The number of pyridine rings is 1. The van der Waals surface area contributed by atoms with Crippen molar-refractivity contribution in [3.05, 3.63) is 24.0 Å². The molecule has 2 amide bonds. The van der Waals surface area contributed by atoms with Gasteiger partial charge in [-0.25, -0.2) is 0 Å². The van der Waals surface area contributed by atoms with E-state index in [2.05, 4.69) is 29.0 Å². The van der Waals surface area contributed by atoms with Gasteiger partial charge < -0.3 is 19.9 Å². The molecule has 3 rings (SSSR count). The van der Waals surface area contributed by atoms with Gasteiger partial charge in [0, 0.05) is 38.1 Å². The van der Waals surface area contributed by atoms with Gasteiger partial charge in [0.15, 0.2) is 0 Å². The van der Waals surface area contributed by atoms with Crippen LogP contribution in [0, 0.1) is 0 Å². The van der Waals surface area contributed by atoms with Gasteiger partial charge in [-0.2, -0.15) is 0 Å². The van der Waals surface area contributed by atoms with Gasteiger partial charge in [0.2, 0.25) is 5.91 Å². The van der Waals surface area contributed by atoms with Gasteiger partial charge in [-0.15, -0.1) is 0 Å². The molecule has 1 N–H and O–H groups in total. The Balaban J connectivity index is 1.85. The number of nitrogens with one attached hydrogen (secondary N) is 1. The van der Waals surface area contributed by atoms with Crippen LogP contribution in [0.4, 0.5) is 5.69 Å². The fourth-order valence-corrected chi connectivity index (χ4v) is 4.16. The van der Waals surface area contributed by atoms with Crippen molar-refractivity contribution in [1.29, 1.82) is 0 Å². The predicted octanol–water partition coefficient (Wildman–Crippen LogP) is 1.83. The molecule has 1 aromatic rings. The Kier molecular flexibility index (Phi) is 5.69. The Morgan fingerprint density at radius 2 is 2.07 bits per heavy atom. The number of hydrogen-bond donors (Lipinski definition) is 1. The van der Waals surface area contributed by atoms with Crippen LogP contribution in [-0.4, -0.2) is 65.6 Å². The molecule has 0 saturated carbocycles. The molecule has 7 heteroatoms. The van der Waals surface area contributed by atoms with E-state index in [1.54, 1.807) is 11.1 Å². The largest absolute Gasteiger partial charge is 0.372 e. The number of ether oxygens (including phenoxy) is 1. The Labute approximate surface area is 161 Å². The highest BCUT2D eigenvalue weighted by Gasteiger charge is 2.44. The summed E-state index contributed by atoms with van der Waals surface area (Å²) in [5.74, 6) is -0.270. The molecule has 148 valence electrons. The summed E-state index contributed by atoms with van der Waals surface area (Å²) in [6, 6.07) is 3.77. The summed E-state index contributed by atoms with van der Waals surface area (Å²) in [5.41, 5.74) is 0.523. The standard InChI is InChI=1S/C20H30N4O3/c1-5-7-20(4)19(26)22-9-10-24(20)18(25)17-11-16(6-8-21-17)23-12-14(2)27-15(3)13-23/h6,8,11,14-15H,5,7,9-10,12-13H2,1-4H3,(H,22,26)/t14-,15+,20-/m1/s1. The highest BCUT2D eigenvalue weighted by molar-refractivity contribution is 5.99. The van der Waals surface area contributed by atoms with Gasteiger partial charge in [-0.1, -0.05) is 13.3 Å². The molecule has 27 heavy (non-hydrogen) atoms. The summed E-state index contributed by atoms with van der Waals surface area (Å²) in [7, 11) is 0. The van der Waals surface area contributed by atoms with E-state index in [4.69, 9.17) is 4.74 Å².